The van der Waals surface area contributed by atoms with Crippen LogP contribution in [0.2, 0.25) is 5.02 Å². The highest BCUT2D eigenvalue weighted by molar-refractivity contribution is 6.31. The molecule has 0 atom stereocenters. The number of amides is 1. The monoisotopic (exact) mass is 257 g/mol. The van der Waals surface area contributed by atoms with Crippen LogP contribution in [0.1, 0.15) is 22.3 Å². The maximum atomic E-state index is 11.8. The molecule has 0 aromatic heterocycles. The van der Waals surface area contributed by atoms with E-state index in [2.05, 4.69) is 5.32 Å². The van der Waals surface area contributed by atoms with Gasteiger partial charge in [-0.1, -0.05) is 11.6 Å². The zero-order chi connectivity index (χ0) is 12.8. The van der Waals surface area contributed by atoms with Gasteiger partial charge in [0.25, 0.3) is 5.91 Å². The number of rotatable bonds is 5. The van der Waals surface area contributed by atoms with Crippen molar-refractivity contribution in [2.75, 3.05) is 20.3 Å². The van der Waals surface area contributed by atoms with E-state index in [1.54, 1.807) is 12.1 Å². The molecule has 1 aromatic rings. The molecule has 2 N–H and O–H groups in total. The average molecular weight is 258 g/mol. The molecule has 94 valence electrons. The minimum atomic E-state index is -0.253. The third-order valence-electron chi connectivity index (χ3n) is 2.35. The lowest BCUT2D eigenvalue weighted by atomic mass is 10.1. The zero-order valence-corrected chi connectivity index (χ0v) is 10.7. The second kappa shape index (κ2) is 6.47. The first kappa shape index (κ1) is 13.8. The highest BCUT2D eigenvalue weighted by Crippen LogP contribution is 2.26. The van der Waals surface area contributed by atoms with Gasteiger partial charge in [-0.3, -0.25) is 4.79 Å². The molecule has 0 spiro atoms. The van der Waals surface area contributed by atoms with Crippen LogP contribution in [-0.2, 0) is 0 Å². The summed E-state index contributed by atoms with van der Waals surface area (Å²) in [5.74, 6) is 0.241. The molecule has 5 heteroatoms. The molecule has 0 bridgehead atoms. The fourth-order valence-corrected chi connectivity index (χ4v) is 1.54. The molecule has 1 amide bonds. The van der Waals surface area contributed by atoms with Crippen LogP contribution in [-0.4, -0.2) is 31.3 Å². The number of methoxy groups -OCH3 is 1. The fourth-order valence-electron chi connectivity index (χ4n) is 1.38. The van der Waals surface area contributed by atoms with Crippen molar-refractivity contribution in [1.29, 1.82) is 0 Å². The number of halogens is 1. The Morgan fingerprint density at radius 1 is 1.53 bits per heavy atom. The second-order valence-corrected chi connectivity index (χ2v) is 4.04. The van der Waals surface area contributed by atoms with E-state index in [0.29, 0.717) is 29.3 Å². The third kappa shape index (κ3) is 3.61. The molecule has 0 fully saturated rings. The molecule has 0 radical (unpaired) electrons. The van der Waals surface area contributed by atoms with Crippen molar-refractivity contribution in [3.8, 4) is 5.75 Å². The molecule has 0 aliphatic heterocycles. The minimum absolute atomic E-state index is 0.0477. The van der Waals surface area contributed by atoms with Gasteiger partial charge in [-0.15, -0.1) is 0 Å². The Hall–Kier alpha value is -1.26. The standard InChI is InChI=1S/C12H16ClNO3/c1-8-6-11(17-2)9(7-10(8)13)12(16)14-4-3-5-15/h6-7,15H,3-5H2,1-2H3,(H,14,16). The number of nitrogens with one attached hydrogen (secondary N) is 1. The van der Waals surface area contributed by atoms with Crippen molar-refractivity contribution in [2.45, 2.75) is 13.3 Å². The van der Waals surface area contributed by atoms with Gasteiger partial charge >= 0.3 is 0 Å². The van der Waals surface area contributed by atoms with Crippen molar-refractivity contribution in [3.05, 3.63) is 28.3 Å². The predicted molar refractivity (Wildman–Crippen MR) is 66.8 cm³/mol. The topological polar surface area (TPSA) is 58.6 Å². The summed E-state index contributed by atoms with van der Waals surface area (Å²) in [6, 6.07) is 3.31. The van der Waals surface area contributed by atoms with E-state index < -0.39 is 0 Å². The molecule has 0 unspecified atom stereocenters. The summed E-state index contributed by atoms with van der Waals surface area (Å²) in [5, 5.41) is 11.8. The van der Waals surface area contributed by atoms with Crippen molar-refractivity contribution >= 4 is 17.5 Å². The Balaban J connectivity index is 2.88. The van der Waals surface area contributed by atoms with Crippen LogP contribution in [0.3, 0.4) is 0 Å². The van der Waals surface area contributed by atoms with Gasteiger partial charge < -0.3 is 15.2 Å². The Morgan fingerprint density at radius 3 is 2.82 bits per heavy atom. The van der Waals surface area contributed by atoms with E-state index in [1.165, 1.54) is 7.11 Å². The normalized spacial score (nSPS) is 10.1. The number of aryl methyl sites for hydroxylation is 1. The number of aliphatic hydroxyl groups excluding tert-OH is 1. The minimum Gasteiger partial charge on any atom is -0.496 e. The predicted octanol–water partition coefficient (Wildman–Crippen LogP) is 1.77. The summed E-state index contributed by atoms with van der Waals surface area (Å²) in [7, 11) is 1.51. The second-order valence-electron chi connectivity index (χ2n) is 3.63. The SMILES string of the molecule is COc1cc(C)c(Cl)cc1C(=O)NCCCO. The van der Waals surface area contributed by atoms with Gasteiger partial charge in [0, 0.05) is 18.2 Å². The molecule has 0 saturated heterocycles. The van der Waals surface area contributed by atoms with Crippen molar-refractivity contribution in [1.82, 2.24) is 5.32 Å². The van der Waals surface area contributed by atoms with Crippen molar-refractivity contribution in [3.63, 3.8) is 0 Å². The van der Waals surface area contributed by atoms with E-state index in [0.717, 1.165) is 5.56 Å². The summed E-state index contributed by atoms with van der Waals surface area (Å²) in [4.78, 5) is 11.8. The van der Waals surface area contributed by atoms with Gasteiger partial charge in [0.1, 0.15) is 5.75 Å². The van der Waals surface area contributed by atoms with E-state index in [9.17, 15) is 4.79 Å². The van der Waals surface area contributed by atoms with Crippen molar-refractivity contribution < 1.29 is 14.6 Å². The van der Waals surface area contributed by atoms with E-state index in [1.807, 2.05) is 6.92 Å². The number of aliphatic hydroxyl groups is 1. The van der Waals surface area contributed by atoms with Crippen LogP contribution in [0.25, 0.3) is 0 Å². The van der Waals surface area contributed by atoms with Gasteiger partial charge in [0.15, 0.2) is 0 Å². The van der Waals surface area contributed by atoms with Gasteiger partial charge in [-0.25, -0.2) is 0 Å². The summed E-state index contributed by atoms with van der Waals surface area (Å²) in [5.41, 5.74) is 1.26. The lowest BCUT2D eigenvalue weighted by Gasteiger charge is -2.11. The lowest BCUT2D eigenvalue weighted by Crippen LogP contribution is -2.25. The molecular weight excluding hydrogens is 242 g/mol. The Bertz CT molecular complexity index is 407. The first-order valence-corrected chi connectivity index (χ1v) is 5.71. The number of carbonyl (C=O) groups is 1. The molecule has 4 nitrogen and oxygen atoms in total. The van der Waals surface area contributed by atoms with Crippen LogP contribution in [0.5, 0.6) is 5.75 Å². The van der Waals surface area contributed by atoms with Crippen LogP contribution in [0.4, 0.5) is 0 Å². The highest BCUT2D eigenvalue weighted by Gasteiger charge is 2.13. The highest BCUT2D eigenvalue weighted by atomic mass is 35.5. The molecule has 0 heterocycles. The smallest absolute Gasteiger partial charge is 0.255 e. The molecule has 0 aliphatic carbocycles. The Labute approximate surface area is 106 Å². The molecule has 0 aliphatic rings. The van der Waals surface area contributed by atoms with Gasteiger partial charge in [-0.2, -0.15) is 0 Å². The summed E-state index contributed by atoms with van der Waals surface area (Å²) in [6.45, 7) is 2.31. The number of benzene rings is 1. The largest absolute Gasteiger partial charge is 0.496 e. The summed E-state index contributed by atoms with van der Waals surface area (Å²) >= 11 is 5.97. The van der Waals surface area contributed by atoms with Gasteiger partial charge in [-0.05, 0) is 31.0 Å². The number of ether oxygens (including phenoxy) is 1. The van der Waals surface area contributed by atoms with E-state index >= 15 is 0 Å². The first-order chi connectivity index (χ1) is 8.10. The number of hydrogen-bond donors (Lipinski definition) is 2. The zero-order valence-electron chi connectivity index (χ0n) is 9.92. The number of carbonyl (C=O) groups excluding carboxylic acids is 1. The molecule has 1 aromatic carbocycles. The Kier molecular flexibility index (Phi) is 5.25. The Morgan fingerprint density at radius 2 is 2.24 bits per heavy atom. The molecule has 17 heavy (non-hydrogen) atoms. The van der Waals surface area contributed by atoms with Crippen LogP contribution in [0.15, 0.2) is 12.1 Å². The summed E-state index contributed by atoms with van der Waals surface area (Å²) < 4.78 is 5.14. The molecular formula is C12H16ClNO3. The maximum Gasteiger partial charge on any atom is 0.255 e. The van der Waals surface area contributed by atoms with E-state index in [4.69, 9.17) is 21.4 Å². The van der Waals surface area contributed by atoms with Crippen LogP contribution < -0.4 is 10.1 Å². The van der Waals surface area contributed by atoms with Gasteiger partial charge in [0.2, 0.25) is 0 Å². The van der Waals surface area contributed by atoms with Gasteiger partial charge in [0.05, 0.1) is 12.7 Å². The van der Waals surface area contributed by atoms with Crippen molar-refractivity contribution in [2.24, 2.45) is 0 Å². The van der Waals surface area contributed by atoms with Crippen LogP contribution >= 0.6 is 11.6 Å². The fraction of sp³-hybridized carbons (Fsp3) is 0.417. The maximum absolute atomic E-state index is 11.8. The van der Waals surface area contributed by atoms with E-state index in [-0.39, 0.29) is 12.5 Å². The molecule has 1 rings (SSSR count). The van der Waals surface area contributed by atoms with Crippen LogP contribution in [0, 0.1) is 6.92 Å². The first-order valence-electron chi connectivity index (χ1n) is 5.33. The lowest BCUT2D eigenvalue weighted by molar-refractivity contribution is 0.0948. The quantitative estimate of drug-likeness (QED) is 0.791. The summed E-state index contributed by atoms with van der Waals surface area (Å²) in [6.07, 6.45) is 0.521. The number of hydrogen-bond acceptors (Lipinski definition) is 3. The average Bonchev–Trinajstić information content (AvgIpc) is 2.32. The third-order valence-corrected chi connectivity index (χ3v) is 2.75. The molecule has 0 saturated carbocycles.